The molecule has 0 bridgehead atoms. The lowest BCUT2D eigenvalue weighted by molar-refractivity contribution is 0.0398. The number of anilines is 1. The molecule has 5 rings (SSSR count). The number of hydrogen-bond acceptors (Lipinski definition) is 6. The van der Waals surface area contributed by atoms with Crippen molar-refractivity contribution in [2.45, 2.75) is 6.17 Å². The molecule has 1 aromatic carbocycles. The summed E-state index contributed by atoms with van der Waals surface area (Å²) in [5.41, 5.74) is 1.52. The van der Waals surface area contributed by atoms with Gasteiger partial charge in [-0.25, -0.2) is 13.8 Å². The van der Waals surface area contributed by atoms with E-state index >= 15 is 0 Å². The summed E-state index contributed by atoms with van der Waals surface area (Å²) in [6.45, 7) is -0.611. The number of benzene rings is 1. The lowest BCUT2D eigenvalue weighted by Gasteiger charge is -2.34. The zero-order valence-corrected chi connectivity index (χ0v) is 18.7. The van der Waals surface area contributed by atoms with Crippen molar-refractivity contribution < 1.29 is 23.1 Å². The van der Waals surface area contributed by atoms with Crippen molar-refractivity contribution in [3.05, 3.63) is 60.2 Å². The van der Waals surface area contributed by atoms with Gasteiger partial charge in [-0.1, -0.05) is 12.1 Å². The molecule has 1 saturated heterocycles. The number of imidazole rings is 1. The third-order valence-corrected chi connectivity index (χ3v) is 5.55. The molecule has 0 atom stereocenters. The van der Waals surface area contributed by atoms with Crippen LogP contribution in [-0.4, -0.2) is 73.4 Å². The molecular weight excluding hydrogens is 460 g/mol. The summed E-state index contributed by atoms with van der Waals surface area (Å²) in [5.74, 6) is 0.0684. The second-order valence-corrected chi connectivity index (χ2v) is 8.00. The Labute approximate surface area is 198 Å². The number of aryl methyl sites for hydroxylation is 1. The molecule has 180 valence electrons. The second-order valence-electron chi connectivity index (χ2n) is 8.00. The second kappa shape index (κ2) is 9.12. The Morgan fingerprint density at radius 2 is 2.06 bits per heavy atom. The van der Waals surface area contributed by atoms with E-state index in [1.807, 2.05) is 6.07 Å². The van der Waals surface area contributed by atoms with E-state index in [1.165, 1.54) is 15.8 Å². The highest BCUT2D eigenvalue weighted by atomic mass is 19.1. The van der Waals surface area contributed by atoms with E-state index < -0.39 is 24.7 Å². The van der Waals surface area contributed by atoms with Crippen LogP contribution in [0.25, 0.3) is 17.0 Å². The van der Waals surface area contributed by atoms with E-state index in [0.717, 1.165) is 5.56 Å². The first kappa shape index (κ1) is 22.4. The number of rotatable bonds is 7. The summed E-state index contributed by atoms with van der Waals surface area (Å²) in [5, 5.41) is 6.69. The van der Waals surface area contributed by atoms with Crippen LogP contribution < -0.4 is 10.1 Å². The van der Waals surface area contributed by atoms with Crippen LogP contribution in [0.15, 0.2) is 48.9 Å². The highest BCUT2D eigenvalue weighted by molar-refractivity contribution is 6.10. The highest BCUT2D eigenvalue weighted by Crippen LogP contribution is 2.24. The third-order valence-electron chi connectivity index (χ3n) is 5.55. The Morgan fingerprint density at radius 3 is 2.83 bits per heavy atom. The molecule has 0 unspecified atom stereocenters. The monoisotopic (exact) mass is 481 g/mol. The molecule has 0 radical (unpaired) electrons. The Hall–Kier alpha value is -4.35. The van der Waals surface area contributed by atoms with Gasteiger partial charge in [-0.3, -0.25) is 18.7 Å². The number of alkyl halides is 2. The van der Waals surface area contributed by atoms with Crippen LogP contribution in [0.2, 0.25) is 0 Å². The predicted octanol–water partition coefficient (Wildman–Crippen LogP) is 2.52. The van der Waals surface area contributed by atoms with Crippen molar-refractivity contribution in [2.24, 2.45) is 7.05 Å². The number of hydrogen-bond donors (Lipinski definition) is 1. The SMILES string of the molecule is Cn1ncc(C(=O)N2CC(F)C2)c1C(=O)Nc1ccn2cc(-c3cccc(OCCF)c3)nc2n1. The van der Waals surface area contributed by atoms with E-state index in [-0.39, 0.29) is 36.8 Å². The normalized spacial score (nSPS) is 13.6. The molecule has 1 aliphatic heterocycles. The highest BCUT2D eigenvalue weighted by Gasteiger charge is 2.34. The third kappa shape index (κ3) is 4.42. The fraction of sp³-hybridized carbons (Fsp3) is 0.261. The van der Waals surface area contributed by atoms with Gasteiger partial charge >= 0.3 is 0 Å². The molecular formula is C23H21F2N7O3. The lowest BCUT2D eigenvalue weighted by atomic mass is 10.1. The Kier molecular flexibility index (Phi) is 5.85. The van der Waals surface area contributed by atoms with E-state index in [1.54, 1.807) is 48.1 Å². The minimum Gasteiger partial charge on any atom is -0.491 e. The van der Waals surface area contributed by atoms with Crippen LogP contribution in [0, 0.1) is 0 Å². The number of carbonyl (C=O) groups excluding carboxylic acids is 2. The van der Waals surface area contributed by atoms with Gasteiger partial charge < -0.3 is 15.0 Å². The van der Waals surface area contributed by atoms with Crippen LogP contribution in [0.1, 0.15) is 20.8 Å². The first-order valence-corrected chi connectivity index (χ1v) is 10.8. The number of nitrogens with zero attached hydrogens (tertiary/aromatic N) is 6. The van der Waals surface area contributed by atoms with E-state index in [0.29, 0.717) is 17.2 Å². The zero-order valence-electron chi connectivity index (χ0n) is 18.7. The topological polar surface area (TPSA) is 107 Å². The quantitative estimate of drug-likeness (QED) is 0.435. The average molecular weight is 481 g/mol. The van der Waals surface area contributed by atoms with Gasteiger partial charge in [0.1, 0.15) is 36.7 Å². The maximum atomic E-state index is 13.2. The summed E-state index contributed by atoms with van der Waals surface area (Å²) in [7, 11) is 1.54. The molecule has 4 aromatic rings. The van der Waals surface area contributed by atoms with Gasteiger partial charge in [0.15, 0.2) is 0 Å². The molecule has 35 heavy (non-hydrogen) atoms. The molecule has 0 spiro atoms. The number of ether oxygens (including phenoxy) is 1. The molecule has 0 saturated carbocycles. The summed E-state index contributed by atoms with van der Waals surface area (Å²) in [4.78, 5) is 35.8. The van der Waals surface area contributed by atoms with Crippen LogP contribution in [-0.2, 0) is 7.05 Å². The van der Waals surface area contributed by atoms with E-state index in [2.05, 4.69) is 20.4 Å². The first-order chi connectivity index (χ1) is 16.9. The molecule has 3 aromatic heterocycles. The van der Waals surface area contributed by atoms with Crippen LogP contribution >= 0.6 is 0 Å². The smallest absolute Gasteiger partial charge is 0.275 e. The summed E-state index contributed by atoms with van der Waals surface area (Å²) >= 11 is 0. The number of halogens is 2. The van der Waals surface area contributed by atoms with E-state index in [9.17, 15) is 18.4 Å². The van der Waals surface area contributed by atoms with Gasteiger partial charge in [-0.2, -0.15) is 10.1 Å². The molecule has 0 aliphatic carbocycles. The molecule has 1 fully saturated rings. The molecule has 2 amide bonds. The van der Waals surface area contributed by atoms with Crippen LogP contribution in [0.4, 0.5) is 14.6 Å². The number of nitrogens with one attached hydrogen (secondary N) is 1. The van der Waals surface area contributed by atoms with Crippen molar-refractivity contribution in [1.29, 1.82) is 0 Å². The Bertz CT molecular complexity index is 1410. The standard InChI is InChI=1S/C23H21F2N7O3/c1-30-20(17(10-26-30)22(34)32-11-15(25)12-32)21(33)28-19-5-7-31-13-18(27-23(31)29-19)14-3-2-4-16(9-14)35-8-6-24/h2-5,7,9-10,13,15H,6,8,11-12H2,1H3,(H,27,28,29,33). The maximum Gasteiger partial charge on any atom is 0.275 e. The van der Waals surface area contributed by atoms with Crippen molar-refractivity contribution in [2.75, 3.05) is 31.7 Å². The van der Waals surface area contributed by atoms with Gasteiger partial charge in [0, 0.05) is 25.0 Å². The molecule has 12 heteroatoms. The molecule has 1 aliphatic rings. The number of aromatic nitrogens is 5. The van der Waals surface area contributed by atoms with Gasteiger partial charge in [0.25, 0.3) is 11.8 Å². The van der Waals surface area contributed by atoms with Crippen molar-refractivity contribution >= 4 is 23.4 Å². The summed E-state index contributed by atoms with van der Waals surface area (Å²) in [6, 6.07) is 8.71. The van der Waals surface area contributed by atoms with Gasteiger partial charge in [-0.15, -0.1) is 0 Å². The van der Waals surface area contributed by atoms with Crippen molar-refractivity contribution in [1.82, 2.24) is 29.0 Å². The van der Waals surface area contributed by atoms with Crippen molar-refractivity contribution in [3.8, 4) is 17.0 Å². The Morgan fingerprint density at radius 1 is 1.23 bits per heavy atom. The van der Waals surface area contributed by atoms with Gasteiger partial charge in [0.05, 0.1) is 30.5 Å². The maximum absolute atomic E-state index is 13.2. The largest absolute Gasteiger partial charge is 0.491 e. The minimum absolute atomic E-state index is 0.000107. The summed E-state index contributed by atoms with van der Waals surface area (Å²) < 4.78 is 33.9. The Balaban J connectivity index is 1.36. The number of fused-ring (bicyclic) bond motifs is 1. The molecule has 10 nitrogen and oxygen atoms in total. The number of amides is 2. The number of likely N-dealkylation sites (tertiary alicyclic amines) is 1. The van der Waals surface area contributed by atoms with E-state index in [4.69, 9.17) is 4.74 Å². The zero-order chi connectivity index (χ0) is 24.5. The van der Waals surface area contributed by atoms with Gasteiger partial charge in [-0.05, 0) is 18.2 Å². The minimum atomic E-state index is -1.05. The summed E-state index contributed by atoms with van der Waals surface area (Å²) in [6.07, 6.45) is 3.71. The fourth-order valence-electron chi connectivity index (χ4n) is 3.78. The molecule has 1 N–H and O–H groups in total. The first-order valence-electron chi connectivity index (χ1n) is 10.8. The fourth-order valence-corrected chi connectivity index (χ4v) is 3.78. The number of carbonyl (C=O) groups is 2. The van der Waals surface area contributed by atoms with Gasteiger partial charge in [0.2, 0.25) is 5.78 Å². The van der Waals surface area contributed by atoms with Crippen LogP contribution in [0.5, 0.6) is 5.75 Å². The lowest BCUT2D eigenvalue weighted by Crippen LogP contribution is -2.51. The average Bonchev–Trinajstić information content (AvgIpc) is 3.43. The van der Waals surface area contributed by atoms with Crippen molar-refractivity contribution in [3.63, 3.8) is 0 Å². The molecule has 4 heterocycles. The predicted molar refractivity (Wildman–Crippen MR) is 122 cm³/mol. The van der Waals surface area contributed by atoms with Crippen LogP contribution in [0.3, 0.4) is 0 Å².